The molecule has 4 fully saturated rings. The predicted octanol–water partition coefficient (Wildman–Crippen LogP) is 4.31. The molecule has 2 aliphatic carbocycles. The molecule has 39 heavy (non-hydrogen) atoms. The number of likely N-dealkylation sites (tertiary alicyclic amines) is 2. The van der Waals surface area contributed by atoms with E-state index in [-0.39, 0.29) is 24.4 Å². The fraction of sp³-hybridized carbons (Fsp3) is 0.655. The van der Waals surface area contributed by atoms with E-state index in [2.05, 4.69) is 0 Å². The van der Waals surface area contributed by atoms with E-state index in [4.69, 9.17) is 19.3 Å². The van der Waals surface area contributed by atoms with Crippen molar-refractivity contribution in [3.05, 3.63) is 35.9 Å². The lowest BCUT2D eigenvalue weighted by molar-refractivity contribution is -0.151. The van der Waals surface area contributed by atoms with Gasteiger partial charge in [-0.3, -0.25) is 9.80 Å². The molecule has 214 valence electrons. The molecule has 1 aromatic carbocycles. The number of rotatable bonds is 4. The van der Waals surface area contributed by atoms with E-state index in [1.807, 2.05) is 51.1 Å². The number of carboxylic acid groups (broad SMARTS) is 1. The van der Waals surface area contributed by atoms with Gasteiger partial charge in [-0.05, 0) is 83.6 Å². The molecule has 2 aliphatic heterocycles. The Morgan fingerprint density at radius 1 is 0.795 bits per heavy atom. The van der Waals surface area contributed by atoms with Crippen molar-refractivity contribution in [1.82, 2.24) is 9.80 Å². The van der Waals surface area contributed by atoms with Crippen LogP contribution in [-0.4, -0.2) is 75.4 Å². The lowest BCUT2D eigenvalue weighted by atomic mass is 10.2. The first-order chi connectivity index (χ1) is 18.1. The number of nitrogens with zero attached hydrogens (tertiary/aromatic N) is 2. The third kappa shape index (κ3) is 7.22. The normalized spacial score (nSPS) is 28.4. The van der Waals surface area contributed by atoms with Crippen LogP contribution in [0.3, 0.4) is 0 Å². The molecule has 2 amide bonds. The van der Waals surface area contributed by atoms with Crippen LogP contribution in [0.4, 0.5) is 9.59 Å². The molecule has 0 spiro atoms. The van der Waals surface area contributed by atoms with Crippen molar-refractivity contribution in [3.8, 4) is 0 Å². The summed E-state index contributed by atoms with van der Waals surface area (Å²) >= 11 is 0. The third-order valence-electron chi connectivity index (χ3n) is 7.27. The van der Waals surface area contributed by atoms with Crippen LogP contribution in [0.15, 0.2) is 30.3 Å². The van der Waals surface area contributed by atoms with Gasteiger partial charge in [0.1, 0.15) is 29.9 Å². The average Bonchev–Trinajstić information content (AvgIpc) is 3.70. The molecule has 0 aromatic heterocycles. The number of aliphatic carboxylic acids is 1. The Labute approximate surface area is 229 Å². The lowest BCUT2D eigenvalue weighted by Crippen LogP contribution is -2.46. The van der Waals surface area contributed by atoms with Gasteiger partial charge in [0.05, 0.1) is 0 Å². The molecule has 1 N–H and O–H groups in total. The van der Waals surface area contributed by atoms with Crippen molar-refractivity contribution >= 4 is 24.1 Å². The van der Waals surface area contributed by atoms with Crippen LogP contribution in [-0.2, 0) is 30.4 Å². The van der Waals surface area contributed by atoms with E-state index in [9.17, 15) is 19.2 Å². The van der Waals surface area contributed by atoms with E-state index < -0.39 is 41.4 Å². The van der Waals surface area contributed by atoms with Crippen LogP contribution in [0.25, 0.3) is 0 Å². The zero-order chi connectivity index (χ0) is 28.7. The molecule has 5 rings (SSSR count). The Kier molecular flexibility index (Phi) is 7.87. The highest BCUT2D eigenvalue weighted by atomic mass is 16.6. The SMILES string of the molecule is CC(C)(C)OC(=O)N1C[C@H]2C[C@H]2[C@H]1C(=O)O.CC(C)(C)OC(=O)N1C[C@H]2C[C@H]2[C@H]1C(=O)OCc1ccccc1. The number of benzene rings is 1. The second kappa shape index (κ2) is 10.7. The maximum Gasteiger partial charge on any atom is 0.411 e. The van der Waals surface area contributed by atoms with Gasteiger partial charge in [-0.15, -0.1) is 0 Å². The van der Waals surface area contributed by atoms with Gasteiger partial charge in [-0.25, -0.2) is 19.2 Å². The third-order valence-corrected chi connectivity index (χ3v) is 7.27. The van der Waals surface area contributed by atoms with Gasteiger partial charge < -0.3 is 19.3 Å². The van der Waals surface area contributed by atoms with E-state index in [1.54, 1.807) is 20.8 Å². The molecule has 10 heteroatoms. The van der Waals surface area contributed by atoms with Crippen LogP contribution in [0, 0.1) is 23.7 Å². The maximum absolute atomic E-state index is 12.5. The number of piperidine rings is 2. The summed E-state index contributed by atoms with van der Waals surface area (Å²) in [5.41, 5.74) is -0.204. The molecule has 0 radical (unpaired) electrons. The van der Waals surface area contributed by atoms with Crippen LogP contribution >= 0.6 is 0 Å². The molecule has 2 saturated carbocycles. The van der Waals surface area contributed by atoms with Crippen molar-refractivity contribution in [3.63, 3.8) is 0 Å². The molecule has 2 saturated heterocycles. The fourth-order valence-electron chi connectivity index (χ4n) is 5.38. The topological polar surface area (TPSA) is 123 Å². The summed E-state index contributed by atoms with van der Waals surface area (Å²) in [6.45, 7) is 12.1. The van der Waals surface area contributed by atoms with Gasteiger partial charge >= 0.3 is 24.1 Å². The molecular weight excluding hydrogens is 504 g/mol. The molecular formula is C29H40N2O8. The number of amides is 2. The van der Waals surface area contributed by atoms with Crippen molar-refractivity contribution in [1.29, 1.82) is 0 Å². The first-order valence-corrected chi connectivity index (χ1v) is 13.6. The highest BCUT2D eigenvalue weighted by Gasteiger charge is 2.59. The minimum Gasteiger partial charge on any atom is -0.480 e. The van der Waals surface area contributed by atoms with Crippen molar-refractivity contribution in [2.75, 3.05) is 13.1 Å². The molecule has 10 nitrogen and oxygen atoms in total. The Bertz CT molecular complexity index is 1090. The second-order valence-corrected chi connectivity index (χ2v) is 12.9. The predicted molar refractivity (Wildman–Crippen MR) is 141 cm³/mol. The van der Waals surface area contributed by atoms with Gasteiger partial charge in [-0.1, -0.05) is 30.3 Å². The van der Waals surface area contributed by atoms with Gasteiger partial charge in [-0.2, -0.15) is 0 Å². The number of hydrogen-bond donors (Lipinski definition) is 1. The standard InChI is InChI=1S/C18H23NO4.C11H17NO4/c1-18(2,3)23-17(21)19-10-13-9-14(13)15(19)16(20)22-11-12-7-5-4-6-8-12;1-11(2,3)16-10(15)12-5-6-4-7(6)8(12)9(13)14/h4-8,13-15H,9-11H2,1-3H3;6-8H,4-5H2,1-3H3,(H,13,14)/t13-,14-,15+;6-,7-,8+/m11/s1. The van der Waals surface area contributed by atoms with Crippen LogP contribution in [0.5, 0.6) is 0 Å². The summed E-state index contributed by atoms with van der Waals surface area (Å²) in [5.74, 6) is -0.0956. The van der Waals surface area contributed by atoms with Crippen molar-refractivity contribution in [2.24, 2.45) is 23.7 Å². The number of carboxylic acids is 1. The Hall–Kier alpha value is -3.30. The van der Waals surface area contributed by atoms with Gasteiger partial charge in [0, 0.05) is 13.1 Å². The van der Waals surface area contributed by atoms with E-state index in [1.165, 1.54) is 9.80 Å². The summed E-state index contributed by atoms with van der Waals surface area (Å²) in [4.78, 5) is 50.5. The second-order valence-electron chi connectivity index (χ2n) is 12.9. The molecule has 6 atom stereocenters. The summed E-state index contributed by atoms with van der Waals surface area (Å²) in [6.07, 6.45) is 0.985. The fourth-order valence-corrected chi connectivity index (χ4v) is 5.38. The highest BCUT2D eigenvalue weighted by Crippen LogP contribution is 2.51. The van der Waals surface area contributed by atoms with E-state index in [0.717, 1.165) is 18.4 Å². The van der Waals surface area contributed by atoms with Crippen LogP contribution in [0.1, 0.15) is 59.9 Å². The number of fused-ring (bicyclic) bond motifs is 2. The monoisotopic (exact) mass is 544 g/mol. The number of esters is 1. The molecule has 2 heterocycles. The Morgan fingerprint density at radius 3 is 1.72 bits per heavy atom. The van der Waals surface area contributed by atoms with Crippen LogP contribution in [0.2, 0.25) is 0 Å². The van der Waals surface area contributed by atoms with Gasteiger partial charge in [0.2, 0.25) is 0 Å². The van der Waals surface area contributed by atoms with Crippen LogP contribution < -0.4 is 0 Å². The number of carbonyl (C=O) groups is 4. The summed E-state index contributed by atoms with van der Waals surface area (Å²) in [5, 5.41) is 9.08. The number of hydrogen-bond acceptors (Lipinski definition) is 7. The smallest absolute Gasteiger partial charge is 0.411 e. The van der Waals surface area contributed by atoms with Gasteiger partial charge in [0.25, 0.3) is 0 Å². The summed E-state index contributed by atoms with van der Waals surface area (Å²) in [6, 6.07) is 8.37. The maximum atomic E-state index is 12.5. The average molecular weight is 545 g/mol. The summed E-state index contributed by atoms with van der Waals surface area (Å²) < 4.78 is 16.0. The zero-order valence-electron chi connectivity index (χ0n) is 23.6. The molecule has 4 aliphatic rings. The van der Waals surface area contributed by atoms with Crippen molar-refractivity contribution in [2.45, 2.75) is 84.3 Å². The summed E-state index contributed by atoms with van der Waals surface area (Å²) in [7, 11) is 0. The lowest BCUT2D eigenvalue weighted by Gasteiger charge is -2.29. The largest absolute Gasteiger partial charge is 0.480 e. The molecule has 0 bridgehead atoms. The minimum atomic E-state index is -0.921. The Balaban J connectivity index is 0.000000193. The molecule has 0 unspecified atom stereocenters. The quantitative estimate of drug-likeness (QED) is 0.439. The number of carbonyl (C=O) groups excluding carboxylic acids is 3. The zero-order valence-corrected chi connectivity index (χ0v) is 23.6. The van der Waals surface area contributed by atoms with E-state index in [0.29, 0.717) is 24.9 Å². The highest BCUT2D eigenvalue weighted by molar-refractivity contribution is 5.84. The molecule has 1 aromatic rings. The minimum absolute atomic E-state index is 0.144. The van der Waals surface area contributed by atoms with Crippen molar-refractivity contribution < 1.29 is 38.5 Å². The number of ether oxygens (including phenoxy) is 3. The first-order valence-electron chi connectivity index (χ1n) is 13.6. The first kappa shape index (κ1) is 28.7. The Morgan fingerprint density at radius 2 is 1.26 bits per heavy atom. The van der Waals surface area contributed by atoms with E-state index >= 15 is 0 Å². The van der Waals surface area contributed by atoms with Gasteiger partial charge in [0.15, 0.2) is 0 Å².